The molecule has 114 valence electrons. The Balaban J connectivity index is 2.49. The van der Waals surface area contributed by atoms with Crippen molar-refractivity contribution >= 4 is 11.9 Å². The average molecular weight is 301 g/mol. The topological polar surface area (TPSA) is 74.7 Å². The number of aryl methyl sites for hydroxylation is 1. The Morgan fingerprint density at radius 1 is 1.00 bits per heavy atom. The minimum atomic E-state index is -0.509. The van der Waals surface area contributed by atoms with Crippen molar-refractivity contribution < 1.29 is 23.8 Å². The third-order valence-corrected chi connectivity index (χ3v) is 2.52. The molecule has 0 atom stereocenters. The molecule has 1 aromatic heterocycles. The summed E-state index contributed by atoms with van der Waals surface area (Å²) in [6.07, 6.45) is 1.56. The van der Waals surface area contributed by atoms with Gasteiger partial charge in [-0.3, -0.25) is 9.59 Å². The number of hydrogen-bond donors (Lipinski definition) is 0. The van der Waals surface area contributed by atoms with E-state index in [-0.39, 0.29) is 23.1 Å². The van der Waals surface area contributed by atoms with Crippen molar-refractivity contribution in [2.75, 3.05) is 0 Å². The highest BCUT2D eigenvalue weighted by molar-refractivity contribution is 5.74. The maximum Gasteiger partial charge on any atom is 0.308 e. The van der Waals surface area contributed by atoms with Gasteiger partial charge in [-0.1, -0.05) is 6.07 Å². The molecule has 0 saturated heterocycles. The van der Waals surface area contributed by atoms with Crippen LogP contribution in [0.5, 0.6) is 23.1 Å². The number of hydrogen-bond acceptors (Lipinski definition) is 6. The number of rotatable bonds is 4. The molecule has 22 heavy (non-hydrogen) atoms. The molecular formula is C16H15NO5. The number of esters is 2. The van der Waals surface area contributed by atoms with Crippen LogP contribution in [-0.2, 0) is 9.59 Å². The lowest BCUT2D eigenvalue weighted by Gasteiger charge is -2.14. The summed E-state index contributed by atoms with van der Waals surface area (Å²) < 4.78 is 15.9. The first-order valence-electron chi connectivity index (χ1n) is 6.56. The van der Waals surface area contributed by atoms with Gasteiger partial charge in [-0.25, -0.2) is 4.98 Å². The molecule has 0 amide bonds. The first-order chi connectivity index (χ1) is 10.5. The van der Waals surface area contributed by atoms with Crippen LogP contribution in [-0.4, -0.2) is 16.9 Å². The van der Waals surface area contributed by atoms with Gasteiger partial charge in [0.1, 0.15) is 0 Å². The SMILES string of the molecule is CC(=O)Oc1cc(C)cc(OC(C)=O)c1Oc1ccccn1. The van der Waals surface area contributed by atoms with Gasteiger partial charge in [-0.15, -0.1) is 0 Å². The zero-order chi connectivity index (χ0) is 16.1. The molecule has 6 nitrogen and oxygen atoms in total. The number of carbonyl (C=O) groups is 2. The van der Waals surface area contributed by atoms with Crippen LogP contribution >= 0.6 is 0 Å². The average Bonchev–Trinajstić information content (AvgIpc) is 2.42. The zero-order valence-corrected chi connectivity index (χ0v) is 12.5. The van der Waals surface area contributed by atoms with Gasteiger partial charge in [0.15, 0.2) is 11.5 Å². The monoisotopic (exact) mass is 301 g/mol. The van der Waals surface area contributed by atoms with E-state index >= 15 is 0 Å². The van der Waals surface area contributed by atoms with Crippen LogP contribution in [0.1, 0.15) is 19.4 Å². The van der Waals surface area contributed by atoms with Crippen molar-refractivity contribution in [1.82, 2.24) is 4.98 Å². The molecule has 1 aromatic carbocycles. The Labute approximate surface area is 127 Å². The maximum absolute atomic E-state index is 11.3. The summed E-state index contributed by atoms with van der Waals surface area (Å²) in [5, 5.41) is 0. The molecular weight excluding hydrogens is 286 g/mol. The summed E-state index contributed by atoms with van der Waals surface area (Å²) in [5.74, 6) is -0.290. The summed E-state index contributed by atoms with van der Waals surface area (Å²) >= 11 is 0. The van der Waals surface area contributed by atoms with Crippen molar-refractivity contribution in [1.29, 1.82) is 0 Å². The molecule has 0 unspecified atom stereocenters. The summed E-state index contributed by atoms with van der Waals surface area (Å²) in [4.78, 5) is 26.6. The van der Waals surface area contributed by atoms with Gasteiger partial charge < -0.3 is 14.2 Å². The number of benzene rings is 1. The van der Waals surface area contributed by atoms with Crippen molar-refractivity contribution in [3.63, 3.8) is 0 Å². The highest BCUT2D eigenvalue weighted by atomic mass is 16.6. The molecule has 0 aliphatic heterocycles. The number of nitrogens with zero attached hydrogens (tertiary/aromatic N) is 1. The van der Waals surface area contributed by atoms with Gasteiger partial charge in [0.25, 0.3) is 0 Å². The van der Waals surface area contributed by atoms with E-state index in [1.807, 2.05) is 0 Å². The van der Waals surface area contributed by atoms with E-state index in [2.05, 4.69) is 4.98 Å². The molecule has 0 aliphatic rings. The second-order valence-electron chi connectivity index (χ2n) is 4.55. The minimum Gasteiger partial charge on any atom is -0.431 e. The molecule has 0 radical (unpaired) electrons. The Kier molecular flexibility index (Phi) is 4.73. The van der Waals surface area contributed by atoms with E-state index < -0.39 is 11.9 Å². The van der Waals surface area contributed by atoms with Gasteiger partial charge in [0.05, 0.1) is 0 Å². The fourth-order valence-corrected chi connectivity index (χ4v) is 1.78. The molecule has 6 heteroatoms. The van der Waals surface area contributed by atoms with Crippen LogP contribution in [0, 0.1) is 6.92 Å². The van der Waals surface area contributed by atoms with Crippen LogP contribution in [0.25, 0.3) is 0 Å². The quantitative estimate of drug-likeness (QED) is 0.638. The minimum absolute atomic E-state index is 0.120. The highest BCUT2D eigenvalue weighted by Gasteiger charge is 2.18. The molecule has 0 fully saturated rings. The van der Waals surface area contributed by atoms with E-state index in [1.54, 1.807) is 43.5 Å². The summed E-state index contributed by atoms with van der Waals surface area (Å²) in [6, 6.07) is 8.35. The number of aromatic nitrogens is 1. The molecule has 0 saturated carbocycles. The van der Waals surface area contributed by atoms with Crippen molar-refractivity contribution in [2.24, 2.45) is 0 Å². The second-order valence-corrected chi connectivity index (χ2v) is 4.55. The van der Waals surface area contributed by atoms with Crippen LogP contribution in [0.2, 0.25) is 0 Å². The third kappa shape index (κ3) is 4.05. The first-order valence-corrected chi connectivity index (χ1v) is 6.56. The van der Waals surface area contributed by atoms with Crippen LogP contribution < -0.4 is 14.2 Å². The molecule has 0 N–H and O–H groups in total. The standard InChI is InChI=1S/C16H15NO5/c1-10-8-13(20-11(2)18)16(14(9-10)21-12(3)19)22-15-6-4-5-7-17-15/h4-9H,1-3H3. The maximum atomic E-state index is 11.3. The molecule has 0 bridgehead atoms. The molecule has 1 heterocycles. The van der Waals surface area contributed by atoms with E-state index in [0.29, 0.717) is 0 Å². The van der Waals surface area contributed by atoms with E-state index in [9.17, 15) is 9.59 Å². The molecule has 2 aromatic rings. The van der Waals surface area contributed by atoms with E-state index in [4.69, 9.17) is 14.2 Å². The van der Waals surface area contributed by atoms with Crippen molar-refractivity contribution in [3.05, 3.63) is 42.1 Å². The van der Waals surface area contributed by atoms with Gasteiger partial charge in [0, 0.05) is 26.1 Å². The summed E-state index contributed by atoms with van der Waals surface area (Å²) in [5.41, 5.74) is 0.751. The normalized spacial score (nSPS) is 9.95. The summed E-state index contributed by atoms with van der Waals surface area (Å²) in [7, 11) is 0. The summed E-state index contributed by atoms with van der Waals surface area (Å²) in [6.45, 7) is 4.33. The smallest absolute Gasteiger partial charge is 0.308 e. The Morgan fingerprint density at radius 3 is 2.05 bits per heavy atom. The third-order valence-electron chi connectivity index (χ3n) is 2.52. The number of pyridine rings is 1. The Hall–Kier alpha value is -2.89. The first kappa shape index (κ1) is 15.5. The van der Waals surface area contributed by atoms with Gasteiger partial charge in [-0.05, 0) is 30.7 Å². The van der Waals surface area contributed by atoms with E-state index in [1.165, 1.54) is 13.8 Å². The van der Waals surface area contributed by atoms with Crippen LogP contribution in [0.3, 0.4) is 0 Å². The van der Waals surface area contributed by atoms with Gasteiger partial charge >= 0.3 is 11.9 Å². The largest absolute Gasteiger partial charge is 0.431 e. The molecule has 0 spiro atoms. The second kappa shape index (κ2) is 6.71. The van der Waals surface area contributed by atoms with E-state index in [0.717, 1.165) is 5.56 Å². The fraction of sp³-hybridized carbons (Fsp3) is 0.188. The lowest BCUT2D eigenvalue weighted by molar-refractivity contribution is -0.132. The predicted octanol–water partition coefficient (Wildman–Crippen LogP) is 3.03. The van der Waals surface area contributed by atoms with Gasteiger partial charge in [-0.2, -0.15) is 0 Å². The van der Waals surface area contributed by atoms with Crippen LogP contribution in [0.15, 0.2) is 36.5 Å². The molecule has 0 aliphatic carbocycles. The number of ether oxygens (including phenoxy) is 3. The van der Waals surface area contributed by atoms with Gasteiger partial charge in [0.2, 0.25) is 11.6 Å². The molecule has 2 rings (SSSR count). The Morgan fingerprint density at radius 2 is 1.59 bits per heavy atom. The fourth-order valence-electron chi connectivity index (χ4n) is 1.78. The number of carbonyl (C=O) groups excluding carboxylic acids is 2. The zero-order valence-electron chi connectivity index (χ0n) is 12.5. The predicted molar refractivity (Wildman–Crippen MR) is 78.1 cm³/mol. The highest BCUT2D eigenvalue weighted by Crippen LogP contribution is 2.41. The lowest BCUT2D eigenvalue weighted by atomic mass is 10.2. The lowest BCUT2D eigenvalue weighted by Crippen LogP contribution is -2.07. The Bertz CT molecular complexity index is 660. The van der Waals surface area contributed by atoms with Crippen molar-refractivity contribution in [2.45, 2.75) is 20.8 Å². The van der Waals surface area contributed by atoms with Crippen molar-refractivity contribution in [3.8, 4) is 23.1 Å². The van der Waals surface area contributed by atoms with Crippen LogP contribution in [0.4, 0.5) is 0 Å².